The summed E-state index contributed by atoms with van der Waals surface area (Å²) in [5.41, 5.74) is 2.01. The molecule has 0 bridgehead atoms. The number of aromatic amines is 1. The summed E-state index contributed by atoms with van der Waals surface area (Å²) in [7, 11) is 1.77. The molecule has 2 rings (SSSR count). The zero-order valence-corrected chi connectivity index (χ0v) is 11.0. The first-order valence-electron chi connectivity index (χ1n) is 6.26. The van der Waals surface area contributed by atoms with Crippen LogP contribution in [0.3, 0.4) is 0 Å². The lowest BCUT2D eigenvalue weighted by molar-refractivity contribution is 0.0145. The average molecular weight is 286 g/mol. The highest BCUT2D eigenvalue weighted by molar-refractivity contribution is 5.72. The van der Waals surface area contributed by atoms with Crippen molar-refractivity contribution in [3.8, 4) is 0 Å². The third-order valence-electron chi connectivity index (χ3n) is 2.99. The molecule has 5 nitrogen and oxygen atoms in total. The summed E-state index contributed by atoms with van der Waals surface area (Å²) >= 11 is 0. The second kappa shape index (κ2) is 6.62. The van der Waals surface area contributed by atoms with Gasteiger partial charge in [0.2, 0.25) is 0 Å². The Bertz CT molecular complexity index is 609. The fraction of sp³-hybridized carbons (Fsp3) is 0.462. The molecule has 0 aliphatic carbocycles. The number of oxazole rings is 1. The van der Waals surface area contributed by atoms with Gasteiger partial charge in [-0.05, 0) is 31.2 Å². The number of alkyl halides is 2. The third kappa shape index (κ3) is 3.64. The summed E-state index contributed by atoms with van der Waals surface area (Å²) in [4.78, 5) is 13.6. The zero-order chi connectivity index (χ0) is 14.5. The molecule has 0 saturated carbocycles. The van der Waals surface area contributed by atoms with Crippen molar-refractivity contribution in [1.29, 1.82) is 0 Å². The number of nitrogens with one attached hydrogen (secondary N) is 2. The predicted molar refractivity (Wildman–Crippen MR) is 70.1 cm³/mol. The summed E-state index contributed by atoms with van der Waals surface area (Å²) in [6, 6.07) is 5.29. The van der Waals surface area contributed by atoms with Crippen molar-refractivity contribution < 1.29 is 17.9 Å². The number of H-pyrrole nitrogens is 1. The number of hydrogen-bond donors (Lipinski definition) is 2. The molecule has 0 amide bonds. The predicted octanol–water partition coefficient (Wildman–Crippen LogP) is 2.05. The largest absolute Gasteiger partial charge is 0.417 e. The molecule has 0 saturated heterocycles. The molecule has 1 atom stereocenters. The van der Waals surface area contributed by atoms with E-state index in [1.165, 1.54) is 0 Å². The molecule has 0 radical (unpaired) electrons. The van der Waals surface area contributed by atoms with Gasteiger partial charge in [0.25, 0.3) is 6.43 Å². The van der Waals surface area contributed by atoms with E-state index in [0.717, 1.165) is 5.56 Å². The van der Waals surface area contributed by atoms with E-state index in [1.54, 1.807) is 19.2 Å². The van der Waals surface area contributed by atoms with Crippen LogP contribution in [0, 0.1) is 0 Å². The number of rotatable bonds is 7. The Kier molecular flexibility index (Phi) is 4.86. The fourth-order valence-corrected chi connectivity index (χ4v) is 2.03. The van der Waals surface area contributed by atoms with Gasteiger partial charge in [-0.15, -0.1) is 0 Å². The highest BCUT2D eigenvalue weighted by atomic mass is 19.3. The summed E-state index contributed by atoms with van der Waals surface area (Å²) in [6.45, 7) is -0.326. The van der Waals surface area contributed by atoms with E-state index in [9.17, 15) is 13.6 Å². The van der Waals surface area contributed by atoms with Crippen LogP contribution in [-0.4, -0.2) is 31.7 Å². The summed E-state index contributed by atoms with van der Waals surface area (Å²) in [6.07, 6.45) is -1.91. The monoisotopic (exact) mass is 286 g/mol. The Labute approximate surface area is 113 Å². The van der Waals surface area contributed by atoms with Crippen LogP contribution >= 0.6 is 0 Å². The quantitative estimate of drug-likeness (QED) is 0.764. The maximum atomic E-state index is 12.0. The smallest absolute Gasteiger partial charge is 0.408 e. The molecule has 20 heavy (non-hydrogen) atoms. The van der Waals surface area contributed by atoms with E-state index < -0.39 is 18.8 Å². The van der Waals surface area contributed by atoms with Crippen molar-refractivity contribution in [1.82, 2.24) is 10.3 Å². The van der Waals surface area contributed by atoms with Gasteiger partial charge in [0.15, 0.2) is 5.58 Å². The van der Waals surface area contributed by atoms with E-state index in [-0.39, 0.29) is 12.6 Å². The van der Waals surface area contributed by atoms with E-state index >= 15 is 0 Å². The maximum Gasteiger partial charge on any atom is 0.417 e. The topological polar surface area (TPSA) is 67.3 Å². The van der Waals surface area contributed by atoms with Crippen molar-refractivity contribution in [2.45, 2.75) is 18.9 Å². The first kappa shape index (κ1) is 14.7. The van der Waals surface area contributed by atoms with Crippen LogP contribution in [0.1, 0.15) is 18.0 Å². The van der Waals surface area contributed by atoms with Gasteiger partial charge in [-0.2, -0.15) is 0 Å². The van der Waals surface area contributed by atoms with Crippen LogP contribution in [0.4, 0.5) is 8.78 Å². The fourth-order valence-electron chi connectivity index (χ4n) is 2.03. The number of hydrogen-bond acceptors (Lipinski definition) is 4. The molecule has 2 N–H and O–H groups in total. The molecule has 1 aromatic carbocycles. The van der Waals surface area contributed by atoms with Crippen molar-refractivity contribution >= 4 is 11.1 Å². The van der Waals surface area contributed by atoms with Crippen LogP contribution in [0.2, 0.25) is 0 Å². The Morgan fingerprint density at radius 3 is 2.95 bits per heavy atom. The van der Waals surface area contributed by atoms with E-state index in [0.29, 0.717) is 17.5 Å². The standard InChI is InChI=1S/C13H16F2N2O3/c1-16-9(4-5-19-7-12(14)15)8-2-3-10-11(6-8)20-13(18)17-10/h2-3,6,9,12,16H,4-5,7H2,1H3,(H,17,18). The molecule has 0 aliphatic heterocycles. The van der Waals surface area contributed by atoms with Gasteiger partial charge in [-0.3, -0.25) is 4.98 Å². The van der Waals surface area contributed by atoms with Gasteiger partial charge in [0.1, 0.15) is 6.61 Å². The van der Waals surface area contributed by atoms with Crippen molar-refractivity contribution in [2.75, 3.05) is 20.3 Å². The molecule has 0 aliphatic rings. The summed E-state index contributed by atoms with van der Waals surface area (Å²) in [5.74, 6) is -0.501. The molecule has 110 valence electrons. The first-order valence-corrected chi connectivity index (χ1v) is 6.26. The highest BCUT2D eigenvalue weighted by Gasteiger charge is 2.12. The van der Waals surface area contributed by atoms with Crippen molar-refractivity contribution in [3.05, 3.63) is 34.3 Å². The van der Waals surface area contributed by atoms with Crippen LogP contribution in [0.15, 0.2) is 27.4 Å². The Morgan fingerprint density at radius 1 is 1.45 bits per heavy atom. The summed E-state index contributed by atoms with van der Waals surface area (Å²) < 4.78 is 33.8. The van der Waals surface area contributed by atoms with Gasteiger partial charge in [-0.1, -0.05) is 6.07 Å². The maximum absolute atomic E-state index is 12.0. The van der Waals surface area contributed by atoms with Gasteiger partial charge >= 0.3 is 5.76 Å². The lowest BCUT2D eigenvalue weighted by Gasteiger charge is -2.16. The molecule has 1 aromatic heterocycles. The molecule has 0 spiro atoms. The number of fused-ring (bicyclic) bond motifs is 1. The van der Waals surface area contributed by atoms with E-state index in [2.05, 4.69) is 10.3 Å². The lowest BCUT2D eigenvalue weighted by atomic mass is 10.0. The number of aromatic nitrogens is 1. The molecule has 1 unspecified atom stereocenters. The molecular weight excluding hydrogens is 270 g/mol. The minimum atomic E-state index is -2.45. The number of ether oxygens (including phenoxy) is 1. The molecule has 0 fully saturated rings. The molecule has 7 heteroatoms. The molecule has 1 heterocycles. The van der Waals surface area contributed by atoms with Crippen LogP contribution in [-0.2, 0) is 4.74 Å². The van der Waals surface area contributed by atoms with Crippen molar-refractivity contribution in [3.63, 3.8) is 0 Å². The molecular formula is C13H16F2N2O3. The number of halogens is 2. The average Bonchev–Trinajstić information content (AvgIpc) is 2.77. The normalized spacial score (nSPS) is 13.2. The van der Waals surface area contributed by atoms with Crippen LogP contribution in [0.5, 0.6) is 0 Å². The minimum absolute atomic E-state index is 0.0581. The zero-order valence-electron chi connectivity index (χ0n) is 11.0. The minimum Gasteiger partial charge on any atom is -0.408 e. The highest BCUT2D eigenvalue weighted by Crippen LogP contribution is 2.20. The second-order valence-corrected chi connectivity index (χ2v) is 4.37. The van der Waals surface area contributed by atoms with Gasteiger partial charge in [-0.25, -0.2) is 13.6 Å². The molecule has 2 aromatic rings. The first-order chi connectivity index (χ1) is 9.60. The summed E-state index contributed by atoms with van der Waals surface area (Å²) in [5, 5.41) is 3.08. The van der Waals surface area contributed by atoms with Crippen LogP contribution in [0.25, 0.3) is 11.1 Å². The number of benzene rings is 1. The van der Waals surface area contributed by atoms with Gasteiger partial charge < -0.3 is 14.5 Å². The SMILES string of the molecule is CNC(CCOCC(F)F)c1ccc2[nH]c(=O)oc2c1. The van der Waals surface area contributed by atoms with E-state index in [1.807, 2.05) is 6.07 Å². The van der Waals surface area contributed by atoms with Gasteiger partial charge in [0.05, 0.1) is 5.52 Å². The van der Waals surface area contributed by atoms with Crippen LogP contribution < -0.4 is 11.1 Å². The second-order valence-electron chi connectivity index (χ2n) is 4.37. The third-order valence-corrected chi connectivity index (χ3v) is 2.99. The Balaban J connectivity index is 2.03. The van der Waals surface area contributed by atoms with E-state index in [4.69, 9.17) is 9.15 Å². The lowest BCUT2D eigenvalue weighted by Crippen LogP contribution is -2.19. The Morgan fingerprint density at radius 2 is 2.25 bits per heavy atom. The van der Waals surface area contributed by atoms with Gasteiger partial charge in [0, 0.05) is 12.6 Å². The Hall–Kier alpha value is -1.73. The van der Waals surface area contributed by atoms with Crippen molar-refractivity contribution in [2.24, 2.45) is 0 Å².